The highest BCUT2D eigenvalue weighted by atomic mass is 19.1. The predicted molar refractivity (Wildman–Crippen MR) is 109 cm³/mol. The summed E-state index contributed by atoms with van der Waals surface area (Å²) in [6.45, 7) is 2.51. The van der Waals surface area contributed by atoms with Crippen LogP contribution in [0.1, 0.15) is 62.3 Å². The Hall–Kier alpha value is -2.31. The van der Waals surface area contributed by atoms with Gasteiger partial charge < -0.3 is 14.4 Å². The molecule has 3 unspecified atom stereocenters. The van der Waals surface area contributed by atoms with E-state index in [1.807, 2.05) is 37.3 Å². The lowest BCUT2D eigenvalue weighted by Gasteiger charge is -2.31. The summed E-state index contributed by atoms with van der Waals surface area (Å²) < 4.78 is 39.8. The first kappa shape index (κ1) is 20.9. The predicted octanol–water partition coefficient (Wildman–Crippen LogP) is 5.30. The molecule has 4 nitrogen and oxygen atoms in total. The molecule has 0 saturated carbocycles. The molecular weight excluding hydrogens is 388 g/mol. The standard InChI is InChI=1S/C24H27F2NO3/c1-16(17-6-3-2-4-7-17)30-21-8-5-11-29-24-10-9-22(27(24)23(28)15-21)18-12-19(25)14-20(26)13-18/h2-4,6-7,12-14,16,21-22,24H,5,8-11,15H2,1H3/t16?,21?,22-,24?/m0/s1. The van der Waals surface area contributed by atoms with Crippen LogP contribution in [0.3, 0.4) is 0 Å². The van der Waals surface area contributed by atoms with Gasteiger partial charge in [-0.05, 0) is 55.9 Å². The molecule has 0 radical (unpaired) electrons. The summed E-state index contributed by atoms with van der Waals surface area (Å²) in [7, 11) is 0. The number of benzene rings is 2. The van der Waals surface area contributed by atoms with Crippen LogP contribution in [0.4, 0.5) is 8.78 Å². The summed E-state index contributed by atoms with van der Waals surface area (Å²) in [6, 6.07) is 13.0. The molecule has 2 aromatic carbocycles. The largest absolute Gasteiger partial charge is 0.370 e. The number of fused-ring (bicyclic) bond motifs is 1. The third kappa shape index (κ3) is 4.71. The van der Waals surface area contributed by atoms with Crippen molar-refractivity contribution >= 4 is 5.91 Å². The van der Waals surface area contributed by atoms with Crippen LogP contribution in [0.2, 0.25) is 0 Å². The molecule has 0 aromatic heterocycles. The first-order chi connectivity index (χ1) is 14.5. The maximum Gasteiger partial charge on any atom is 0.227 e. The second-order valence-corrected chi connectivity index (χ2v) is 8.08. The maximum atomic E-state index is 13.8. The molecule has 1 amide bonds. The van der Waals surface area contributed by atoms with Gasteiger partial charge in [-0.1, -0.05) is 30.3 Å². The number of carbonyl (C=O) groups excluding carboxylic acids is 1. The number of nitrogens with zero attached hydrogens (tertiary/aromatic N) is 1. The Balaban J connectivity index is 1.52. The van der Waals surface area contributed by atoms with Crippen molar-refractivity contribution in [2.75, 3.05) is 6.61 Å². The lowest BCUT2D eigenvalue weighted by Crippen LogP contribution is -2.40. The molecule has 2 fully saturated rings. The molecule has 4 atom stereocenters. The van der Waals surface area contributed by atoms with Gasteiger partial charge in [0.2, 0.25) is 5.91 Å². The smallest absolute Gasteiger partial charge is 0.227 e. The maximum absolute atomic E-state index is 13.8. The van der Waals surface area contributed by atoms with Gasteiger partial charge >= 0.3 is 0 Å². The fourth-order valence-corrected chi connectivity index (χ4v) is 4.51. The van der Waals surface area contributed by atoms with Crippen molar-refractivity contribution in [2.45, 2.75) is 63.5 Å². The van der Waals surface area contributed by atoms with E-state index in [0.717, 1.165) is 24.5 Å². The lowest BCUT2D eigenvalue weighted by molar-refractivity contribution is -0.147. The van der Waals surface area contributed by atoms with Gasteiger partial charge in [-0.25, -0.2) is 8.78 Å². The second-order valence-electron chi connectivity index (χ2n) is 8.08. The van der Waals surface area contributed by atoms with Crippen molar-refractivity contribution in [3.63, 3.8) is 0 Å². The molecule has 0 spiro atoms. The number of halogens is 2. The van der Waals surface area contributed by atoms with Crippen LogP contribution in [0.25, 0.3) is 0 Å². The Labute approximate surface area is 175 Å². The third-order valence-corrected chi connectivity index (χ3v) is 5.94. The zero-order valence-electron chi connectivity index (χ0n) is 17.1. The van der Waals surface area contributed by atoms with Gasteiger partial charge in [0.1, 0.15) is 17.9 Å². The summed E-state index contributed by atoms with van der Waals surface area (Å²) in [5, 5.41) is 0. The van der Waals surface area contributed by atoms with Gasteiger partial charge in [-0.2, -0.15) is 0 Å². The Kier molecular flexibility index (Phi) is 6.44. The minimum absolute atomic E-state index is 0.0978. The van der Waals surface area contributed by atoms with Crippen molar-refractivity contribution < 1.29 is 23.0 Å². The van der Waals surface area contributed by atoms with Crippen LogP contribution in [0.5, 0.6) is 0 Å². The van der Waals surface area contributed by atoms with Crippen LogP contribution in [0.15, 0.2) is 48.5 Å². The van der Waals surface area contributed by atoms with Crippen molar-refractivity contribution in [3.8, 4) is 0 Å². The third-order valence-electron chi connectivity index (χ3n) is 5.94. The Morgan fingerprint density at radius 1 is 1.07 bits per heavy atom. The van der Waals surface area contributed by atoms with Gasteiger partial charge in [0.05, 0.1) is 24.7 Å². The first-order valence-corrected chi connectivity index (χ1v) is 10.6. The van der Waals surface area contributed by atoms with Gasteiger partial charge in [0.25, 0.3) is 0 Å². The van der Waals surface area contributed by atoms with Gasteiger partial charge in [-0.3, -0.25) is 4.79 Å². The van der Waals surface area contributed by atoms with Crippen molar-refractivity contribution in [2.24, 2.45) is 0 Å². The van der Waals surface area contributed by atoms with E-state index in [1.54, 1.807) is 4.90 Å². The molecule has 160 valence electrons. The van der Waals surface area contributed by atoms with Crippen LogP contribution in [0, 0.1) is 11.6 Å². The van der Waals surface area contributed by atoms with E-state index < -0.39 is 17.7 Å². The monoisotopic (exact) mass is 415 g/mol. The number of carbonyl (C=O) groups is 1. The summed E-state index contributed by atoms with van der Waals surface area (Å²) in [5.74, 6) is -1.37. The van der Waals surface area contributed by atoms with Crippen molar-refractivity contribution in [1.29, 1.82) is 0 Å². The normalized spacial score (nSPS) is 25.9. The topological polar surface area (TPSA) is 38.8 Å². The van der Waals surface area contributed by atoms with Crippen molar-refractivity contribution in [3.05, 3.63) is 71.3 Å². The average Bonchev–Trinajstić information content (AvgIpc) is 3.16. The molecule has 0 bridgehead atoms. The quantitative estimate of drug-likeness (QED) is 0.680. The summed E-state index contributed by atoms with van der Waals surface area (Å²) in [6.07, 6.45) is 2.29. The second kappa shape index (κ2) is 9.23. The van der Waals surface area contributed by atoms with E-state index in [-0.39, 0.29) is 30.8 Å². The minimum Gasteiger partial charge on any atom is -0.370 e. The molecule has 2 aliphatic rings. The average molecular weight is 415 g/mol. The number of rotatable bonds is 4. The van der Waals surface area contributed by atoms with E-state index in [0.29, 0.717) is 25.0 Å². The van der Waals surface area contributed by atoms with E-state index in [2.05, 4.69) is 0 Å². The van der Waals surface area contributed by atoms with Crippen molar-refractivity contribution in [1.82, 2.24) is 4.90 Å². The SMILES string of the molecule is CC(OC1CCCOC2CC[C@@H](c3cc(F)cc(F)c3)N2C(=O)C1)c1ccccc1. The Morgan fingerprint density at radius 3 is 2.53 bits per heavy atom. The molecular formula is C24H27F2NO3. The molecule has 6 heteroatoms. The zero-order valence-corrected chi connectivity index (χ0v) is 17.1. The number of ether oxygens (including phenoxy) is 2. The summed E-state index contributed by atoms with van der Waals surface area (Å²) >= 11 is 0. The van der Waals surface area contributed by atoms with Crippen LogP contribution in [-0.4, -0.2) is 29.7 Å². The highest BCUT2D eigenvalue weighted by Gasteiger charge is 2.40. The van der Waals surface area contributed by atoms with E-state index >= 15 is 0 Å². The molecule has 2 saturated heterocycles. The highest BCUT2D eigenvalue weighted by molar-refractivity contribution is 5.78. The van der Waals surface area contributed by atoms with Gasteiger partial charge in [0.15, 0.2) is 0 Å². The van der Waals surface area contributed by atoms with Crippen LogP contribution in [-0.2, 0) is 14.3 Å². The number of amides is 1. The fraction of sp³-hybridized carbons (Fsp3) is 0.458. The molecule has 2 aromatic rings. The fourth-order valence-electron chi connectivity index (χ4n) is 4.51. The Bertz CT molecular complexity index is 856. The molecule has 30 heavy (non-hydrogen) atoms. The minimum atomic E-state index is -0.635. The highest BCUT2D eigenvalue weighted by Crippen LogP contribution is 2.39. The molecule has 4 rings (SSSR count). The summed E-state index contributed by atoms with van der Waals surface area (Å²) in [5.41, 5.74) is 1.54. The van der Waals surface area contributed by atoms with Gasteiger partial charge in [0, 0.05) is 12.7 Å². The molecule has 2 heterocycles. The zero-order chi connectivity index (χ0) is 21.1. The van der Waals surface area contributed by atoms with E-state index in [9.17, 15) is 13.6 Å². The Morgan fingerprint density at radius 2 is 1.80 bits per heavy atom. The number of hydrogen-bond acceptors (Lipinski definition) is 3. The molecule has 2 aliphatic heterocycles. The molecule has 0 aliphatic carbocycles. The van der Waals surface area contributed by atoms with Gasteiger partial charge in [-0.15, -0.1) is 0 Å². The summed E-state index contributed by atoms with van der Waals surface area (Å²) in [4.78, 5) is 14.9. The van der Waals surface area contributed by atoms with Crippen LogP contribution < -0.4 is 0 Å². The van der Waals surface area contributed by atoms with E-state index in [4.69, 9.17) is 9.47 Å². The first-order valence-electron chi connectivity index (χ1n) is 10.6. The lowest BCUT2D eigenvalue weighted by atomic mass is 10.0. The van der Waals surface area contributed by atoms with Crippen LogP contribution >= 0.6 is 0 Å². The number of hydrogen-bond donors (Lipinski definition) is 0. The van der Waals surface area contributed by atoms with E-state index in [1.165, 1.54) is 12.1 Å². The molecule has 0 N–H and O–H groups in total.